The molecule has 1 aromatic rings. The summed E-state index contributed by atoms with van der Waals surface area (Å²) in [6, 6.07) is 4.79. The van der Waals surface area contributed by atoms with Gasteiger partial charge in [0, 0.05) is 10.1 Å². The number of hydrogen-bond acceptors (Lipinski definition) is 2. The molecular formula is C13H16ClIN2O3. The van der Waals surface area contributed by atoms with Crippen molar-refractivity contribution in [1.29, 1.82) is 0 Å². The molecule has 0 heterocycles. The van der Waals surface area contributed by atoms with Gasteiger partial charge < -0.3 is 15.7 Å². The quantitative estimate of drug-likeness (QED) is 0.627. The van der Waals surface area contributed by atoms with Crippen LogP contribution in [0.1, 0.15) is 19.8 Å². The molecular weight excluding hydrogens is 395 g/mol. The Morgan fingerprint density at radius 3 is 2.70 bits per heavy atom. The molecule has 3 N–H and O–H groups in total. The van der Waals surface area contributed by atoms with Crippen molar-refractivity contribution in [3.63, 3.8) is 0 Å². The van der Waals surface area contributed by atoms with Gasteiger partial charge in [-0.1, -0.05) is 24.9 Å². The fourth-order valence-electron chi connectivity index (χ4n) is 1.63. The molecule has 0 aliphatic carbocycles. The zero-order valence-electron chi connectivity index (χ0n) is 11.0. The molecule has 2 amide bonds. The summed E-state index contributed by atoms with van der Waals surface area (Å²) in [6.07, 6.45) is 1.28. The van der Waals surface area contributed by atoms with E-state index in [2.05, 4.69) is 33.2 Å². The highest BCUT2D eigenvalue weighted by Gasteiger charge is 2.17. The number of rotatable bonds is 6. The molecule has 110 valence electrons. The van der Waals surface area contributed by atoms with Crippen molar-refractivity contribution in [3.05, 3.63) is 26.8 Å². The van der Waals surface area contributed by atoms with Crippen molar-refractivity contribution in [2.45, 2.75) is 19.8 Å². The van der Waals surface area contributed by atoms with Crippen molar-refractivity contribution in [3.8, 4) is 0 Å². The van der Waals surface area contributed by atoms with Crippen LogP contribution in [0.4, 0.5) is 10.5 Å². The lowest BCUT2D eigenvalue weighted by atomic mass is 10.0. The van der Waals surface area contributed by atoms with Gasteiger partial charge in [0.05, 0.1) is 16.6 Å². The van der Waals surface area contributed by atoms with E-state index in [1.807, 2.05) is 13.0 Å². The Bertz CT molecular complexity index is 497. The van der Waals surface area contributed by atoms with Crippen molar-refractivity contribution < 1.29 is 14.7 Å². The summed E-state index contributed by atoms with van der Waals surface area (Å²) in [5, 5.41) is 14.6. The highest BCUT2D eigenvalue weighted by molar-refractivity contribution is 14.1. The standard InChI is InChI=1S/C13H16ClIN2O3/c1-2-3-8(12(18)19)7-16-13(20)17-11-5-4-9(15)6-10(11)14/h4-6,8H,2-3,7H2,1H3,(H,18,19)(H2,16,17,20). The third-order valence-corrected chi connectivity index (χ3v) is 3.66. The monoisotopic (exact) mass is 410 g/mol. The first-order chi connectivity index (χ1) is 9.43. The minimum absolute atomic E-state index is 0.0942. The summed E-state index contributed by atoms with van der Waals surface area (Å²) in [6.45, 7) is 2.00. The van der Waals surface area contributed by atoms with Crippen LogP contribution in [0.5, 0.6) is 0 Å². The summed E-state index contributed by atoms with van der Waals surface area (Å²) in [4.78, 5) is 22.7. The lowest BCUT2D eigenvalue weighted by Crippen LogP contribution is -2.35. The minimum atomic E-state index is -0.903. The number of carboxylic acid groups (broad SMARTS) is 1. The smallest absolute Gasteiger partial charge is 0.319 e. The molecule has 5 nitrogen and oxygen atoms in total. The van der Waals surface area contributed by atoms with Gasteiger partial charge in [0.1, 0.15) is 0 Å². The molecule has 0 radical (unpaired) electrons. The van der Waals surface area contributed by atoms with Crippen LogP contribution in [0.2, 0.25) is 5.02 Å². The molecule has 1 unspecified atom stereocenters. The molecule has 1 aromatic carbocycles. The Labute approximate surface area is 136 Å². The van der Waals surface area contributed by atoms with Crippen LogP contribution < -0.4 is 10.6 Å². The number of hydrogen-bond donors (Lipinski definition) is 3. The van der Waals surface area contributed by atoms with Gasteiger partial charge in [-0.2, -0.15) is 0 Å². The lowest BCUT2D eigenvalue weighted by Gasteiger charge is -2.13. The Morgan fingerprint density at radius 2 is 2.15 bits per heavy atom. The maximum absolute atomic E-state index is 11.7. The number of carbonyl (C=O) groups excluding carboxylic acids is 1. The molecule has 0 saturated heterocycles. The van der Waals surface area contributed by atoms with Gasteiger partial charge in [-0.25, -0.2) is 4.79 Å². The number of nitrogens with one attached hydrogen (secondary N) is 2. The molecule has 1 atom stereocenters. The topological polar surface area (TPSA) is 78.4 Å². The van der Waals surface area contributed by atoms with Gasteiger partial charge in [-0.15, -0.1) is 0 Å². The van der Waals surface area contributed by atoms with Gasteiger partial charge in [0.15, 0.2) is 0 Å². The first-order valence-electron chi connectivity index (χ1n) is 6.16. The van der Waals surface area contributed by atoms with Crippen molar-refractivity contribution >= 4 is 51.9 Å². The predicted octanol–water partition coefficient (Wildman–Crippen LogP) is 3.57. The van der Waals surface area contributed by atoms with Crippen molar-refractivity contribution in [1.82, 2.24) is 5.32 Å². The number of aliphatic carboxylic acids is 1. The van der Waals surface area contributed by atoms with Crippen LogP contribution in [0.15, 0.2) is 18.2 Å². The van der Waals surface area contributed by atoms with E-state index in [4.69, 9.17) is 16.7 Å². The van der Waals surface area contributed by atoms with E-state index >= 15 is 0 Å². The second kappa shape index (κ2) is 8.31. The summed E-state index contributed by atoms with van der Waals surface area (Å²) in [7, 11) is 0. The van der Waals surface area contributed by atoms with Crippen LogP contribution in [-0.2, 0) is 4.79 Å². The van der Waals surface area contributed by atoms with Crippen LogP contribution in [0.25, 0.3) is 0 Å². The second-order valence-corrected chi connectivity index (χ2v) is 5.94. The van der Waals surface area contributed by atoms with Gasteiger partial charge in [0.2, 0.25) is 0 Å². The van der Waals surface area contributed by atoms with Crippen LogP contribution in [-0.4, -0.2) is 23.7 Å². The molecule has 0 fully saturated rings. The molecule has 0 aromatic heterocycles. The molecule has 0 saturated carbocycles. The van der Waals surface area contributed by atoms with Gasteiger partial charge >= 0.3 is 12.0 Å². The minimum Gasteiger partial charge on any atom is -0.481 e. The van der Waals surface area contributed by atoms with E-state index in [1.54, 1.807) is 12.1 Å². The van der Waals surface area contributed by atoms with Crippen LogP contribution in [0, 0.1) is 9.49 Å². The number of urea groups is 1. The Balaban J connectivity index is 2.53. The van der Waals surface area contributed by atoms with E-state index in [9.17, 15) is 9.59 Å². The van der Waals surface area contributed by atoms with Crippen molar-refractivity contribution in [2.24, 2.45) is 5.92 Å². The zero-order valence-corrected chi connectivity index (χ0v) is 13.9. The number of amides is 2. The largest absolute Gasteiger partial charge is 0.481 e. The SMILES string of the molecule is CCCC(CNC(=O)Nc1ccc(I)cc1Cl)C(=O)O. The predicted molar refractivity (Wildman–Crippen MR) is 87.2 cm³/mol. The summed E-state index contributed by atoms with van der Waals surface area (Å²) >= 11 is 8.11. The molecule has 0 aliphatic rings. The number of carbonyl (C=O) groups is 2. The van der Waals surface area contributed by atoms with E-state index in [0.29, 0.717) is 17.1 Å². The highest BCUT2D eigenvalue weighted by Crippen LogP contribution is 2.23. The van der Waals surface area contributed by atoms with Crippen LogP contribution in [0.3, 0.4) is 0 Å². The van der Waals surface area contributed by atoms with E-state index in [-0.39, 0.29) is 6.54 Å². The maximum Gasteiger partial charge on any atom is 0.319 e. The number of anilines is 1. The molecule has 0 bridgehead atoms. The average molecular weight is 411 g/mol. The van der Waals surface area contributed by atoms with Crippen LogP contribution >= 0.6 is 34.2 Å². The number of halogens is 2. The summed E-state index contributed by atoms with van der Waals surface area (Å²) < 4.78 is 0.965. The van der Waals surface area contributed by atoms with Gasteiger partial charge in [0.25, 0.3) is 0 Å². The van der Waals surface area contributed by atoms with E-state index < -0.39 is 17.9 Å². The van der Waals surface area contributed by atoms with Gasteiger partial charge in [-0.3, -0.25) is 4.79 Å². The first kappa shape index (κ1) is 17.0. The van der Waals surface area contributed by atoms with Gasteiger partial charge in [-0.05, 0) is 47.2 Å². The Hall–Kier alpha value is -1.02. The molecule has 0 spiro atoms. The molecule has 0 aliphatic heterocycles. The maximum atomic E-state index is 11.7. The fraction of sp³-hybridized carbons (Fsp3) is 0.385. The van der Waals surface area contributed by atoms with E-state index in [0.717, 1.165) is 9.99 Å². The Morgan fingerprint density at radius 1 is 1.45 bits per heavy atom. The molecule has 20 heavy (non-hydrogen) atoms. The fourth-order valence-corrected chi connectivity index (χ4v) is 2.54. The zero-order chi connectivity index (χ0) is 15.1. The third-order valence-electron chi connectivity index (χ3n) is 2.67. The third kappa shape index (κ3) is 5.54. The summed E-state index contributed by atoms with van der Waals surface area (Å²) in [5.74, 6) is -1.47. The Kier molecular flexibility index (Phi) is 7.08. The number of carboxylic acids is 1. The molecule has 1 rings (SSSR count). The second-order valence-electron chi connectivity index (χ2n) is 4.28. The molecule has 7 heteroatoms. The summed E-state index contributed by atoms with van der Waals surface area (Å²) in [5.41, 5.74) is 0.493. The van der Waals surface area contributed by atoms with E-state index in [1.165, 1.54) is 0 Å². The lowest BCUT2D eigenvalue weighted by molar-refractivity contribution is -0.141. The first-order valence-corrected chi connectivity index (χ1v) is 7.62. The van der Waals surface area contributed by atoms with Crippen molar-refractivity contribution in [2.75, 3.05) is 11.9 Å². The normalized spacial score (nSPS) is 11.8. The number of benzene rings is 1. The highest BCUT2D eigenvalue weighted by atomic mass is 127. The average Bonchev–Trinajstić information content (AvgIpc) is 2.37.